The minimum absolute atomic E-state index is 0.00862. The quantitative estimate of drug-likeness (QED) is 0.269. The molecule has 4 rings (SSSR count). The molecule has 2 aromatic carbocycles. The number of nitro groups is 1. The van der Waals surface area contributed by atoms with Crippen molar-refractivity contribution in [2.45, 2.75) is 6.92 Å². The van der Waals surface area contributed by atoms with Crippen molar-refractivity contribution in [3.63, 3.8) is 0 Å². The SMILES string of the molecule is CC(=O)c1cccc(Nc2ncnc(Nc3nc4ccccc4s3)c2[N+](=O)[O-])c1. The predicted molar refractivity (Wildman–Crippen MR) is 111 cm³/mol. The molecule has 0 radical (unpaired) electrons. The van der Waals surface area contributed by atoms with Crippen LogP contribution in [0.4, 0.5) is 28.1 Å². The van der Waals surface area contributed by atoms with E-state index in [1.165, 1.54) is 24.6 Å². The van der Waals surface area contributed by atoms with Gasteiger partial charge in [0.15, 0.2) is 10.9 Å². The number of Topliss-reactive ketones (excluding diaryl/α,β-unsaturated/α-hetero) is 1. The second-order valence-electron chi connectivity index (χ2n) is 6.05. The first-order chi connectivity index (χ1) is 14.0. The lowest BCUT2D eigenvalue weighted by Crippen LogP contribution is -2.05. The van der Waals surface area contributed by atoms with Crippen LogP contribution in [0.15, 0.2) is 54.9 Å². The molecule has 0 aliphatic rings. The Morgan fingerprint density at radius 2 is 1.83 bits per heavy atom. The summed E-state index contributed by atoms with van der Waals surface area (Å²) in [6, 6.07) is 14.2. The zero-order valence-corrected chi connectivity index (χ0v) is 15.9. The van der Waals surface area contributed by atoms with E-state index < -0.39 is 4.92 Å². The number of carbonyl (C=O) groups is 1. The van der Waals surface area contributed by atoms with Gasteiger partial charge < -0.3 is 10.6 Å². The molecule has 0 bridgehead atoms. The van der Waals surface area contributed by atoms with Gasteiger partial charge in [0.2, 0.25) is 11.6 Å². The fourth-order valence-electron chi connectivity index (χ4n) is 2.71. The highest BCUT2D eigenvalue weighted by Gasteiger charge is 2.24. The number of nitrogens with one attached hydrogen (secondary N) is 2. The molecule has 144 valence electrons. The Kier molecular flexibility index (Phi) is 4.83. The van der Waals surface area contributed by atoms with E-state index >= 15 is 0 Å². The summed E-state index contributed by atoms with van der Waals surface area (Å²) < 4.78 is 0.950. The molecule has 4 aromatic rings. The van der Waals surface area contributed by atoms with Gasteiger partial charge in [0.1, 0.15) is 6.33 Å². The lowest BCUT2D eigenvalue weighted by Gasteiger charge is -2.09. The van der Waals surface area contributed by atoms with Gasteiger partial charge in [-0.2, -0.15) is 0 Å². The lowest BCUT2D eigenvalue weighted by molar-refractivity contribution is -0.383. The Morgan fingerprint density at radius 1 is 1.07 bits per heavy atom. The predicted octanol–water partition coefficient (Wildman–Crippen LogP) is 4.68. The molecule has 0 aliphatic carbocycles. The van der Waals surface area contributed by atoms with Crippen molar-refractivity contribution in [1.29, 1.82) is 0 Å². The number of aromatic nitrogens is 3. The summed E-state index contributed by atoms with van der Waals surface area (Å²) in [4.78, 5) is 35.2. The van der Waals surface area contributed by atoms with Crippen LogP contribution in [-0.4, -0.2) is 25.7 Å². The van der Waals surface area contributed by atoms with E-state index in [9.17, 15) is 14.9 Å². The van der Waals surface area contributed by atoms with Gasteiger partial charge in [0, 0.05) is 11.3 Å². The number of thiazole rings is 1. The fraction of sp³-hybridized carbons (Fsp3) is 0.0526. The molecule has 10 heteroatoms. The lowest BCUT2D eigenvalue weighted by atomic mass is 10.1. The topological polar surface area (TPSA) is 123 Å². The molecule has 0 unspecified atom stereocenters. The highest BCUT2D eigenvalue weighted by atomic mass is 32.1. The van der Waals surface area contributed by atoms with Crippen LogP contribution in [0.25, 0.3) is 10.2 Å². The van der Waals surface area contributed by atoms with Gasteiger partial charge in [-0.3, -0.25) is 14.9 Å². The van der Waals surface area contributed by atoms with Gasteiger partial charge in [0.25, 0.3) is 0 Å². The summed E-state index contributed by atoms with van der Waals surface area (Å²) in [6.07, 6.45) is 1.22. The Balaban J connectivity index is 1.69. The van der Waals surface area contributed by atoms with Gasteiger partial charge >= 0.3 is 5.69 Å². The number of ketones is 1. The average Bonchev–Trinajstić information content (AvgIpc) is 3.10. The number of hydrogen-bond acceptors (Lipinski definition) is 9. The van der Waals surface area contributed by atoms with E-state index in [2.05, 4.69) is 25.6 Å². The van der Waals surface area contributed by atoms with Crippen molar-refractivity contribution >= 4 is 55.5 Å². The maximum atomic E-state index is 11.7. The highest BCUT2D eigenvalue weighted by Crippen LogP contribution is 2.35. The fourth-order valence-corrected chi connectivity index (χ4v) is 3.58. The third-order valence-corrected chi connectivity index (χ3v) is 5.01. The van der Waals surface area contributed by atoms with Crippen LogP contribution in [0.5, 0.6) is 0 Å². The molecule has 0 aliphatic heterocycles. The van der Waals surface area contributed by atoms with Gasteiger partial charge in [-0.05, 0) is 31.2 Å². The van der Waals surface area contributed by atoms with E-state index in [4.69, 9.17) is 0 Å². The molecule has 0 spiro atoms. The monoisotopic (exact) mass is 406 g/mol. The number of benzene rings is 2. The van der Waals surface area contributed by atoms with Crippen molar-refractivity contribution in [3.8, 4) is 0 Å². The summed E-state index contributed by atoms with van der Waals surface area (Å²) in [6.45, 7) is 1.45. The van der Waals surface area contributed by atoms with E-state index in [0.717, 1.165) is 10.2 Å². The normalized spacial score (nSPS) is 10.7. The minimum Gasteiger partial charge on any atom is -0.334 e. The summed E-state index contributed by atoms with van der Waals surface area (Å²) >= 11 is 1.36. The van der Waals surface area contributed by atoms with Crippen molar-refractivity contribution in [2.24, 2.45) is 0 Å². The van der Waals surface area contributed by atoms with Crippen molar-refractivity contribution in [2.75, 3.05) is 10.6 Å². The van der Waals surface area contributed by atoms with Crippen LogP contribution in [-0.2, 0) is 0 Å². The van der Waals surface area contributed by atoms with Gasteiger partial charge in [0.05, 0.1) is 15.1 Å². The molecular formula is C19H14N6O3S. The molecule has 29 heavy (non-hydrogen) atoms. The first kappa shape index (κ1) is 18.4. The largest absolute Gasteiger partial charge is 0.353 e. The van der Waals surface area contributed by atoms with Crippen LogP contribution >= 0.6 is 11.3 Å². The smallest absolute Gasteiger partial charge is 0.334 e. The molecular weight excluding hydrogens is 392 g/mol. The molecule has 0 amide bonds. The Hall–Kier alpha value is -3.92. The average molecular weight is 406 g/mol. The second kappa shape index (κ2) is 7.60. The number of hydrogen-bond donors (Lipinski definition) is 2. The van der Waals surface area contributed by atoms with E-state index in [1.807, 2.05) is 24.3 Å². The Bertz CT molecular complexity index is 1210. The van der Waals surface area contributed by atoms with Crippen molar-refractivity contribution < 1.29 is 9.72 Å². The van der Waals surface area contributed by atoms with Crippen molar-refractivity contribution in [3.05, 3.63) is 70.5 Å². The third-order valence-electron chi connectivity index (χ3n) is 4.06. The number of nitrogens with zero attached hydrogens (tertiary/aromatic N) is 4. The van der Waals surface area contributed by atoms with Crippen molar-refractivity contribution in [1.82, 2.24) is 15.0 Å². The van der Waals surface area contributed by atoms with Crippen LogP contribution in [0, 0.1) is 10.1 Å². The summed E-state index contributed by atoms with van der Waals surface area (Å²) in [5, 5.41) is 18.0. The van der Waals surface area contributed by atoms with Gasteiger partial charge in [-0.15, -0.1) is 0 Å². The van der Waals surface area contributed by atoms with E-state index in [-0.39, 0.29) is 23.1 Å². The number of rotatable bonds is 6. The summed E-state index contributed by atoms with van der Waals surface area (Å²) in [5.41, 5.74) is 1.46. The van der Waals surface area contributed by atoms with Crippen LogP contribution in [0.1, 0.15) is 17.3 Å². The molecule has 9 nitrogen and oxygen atoms in total. The number of para-hydroxylation sites is 1. The van der Waals surface area contributed by atoms with Crippen LogP contribution < -0.4 is 10.6 Å². The molecule has 0 saturated heterocycles. The third kappa shape index (κ3) is 3.87. The first-order valence-corrected chi connectivity index (χ1v) is 9.33. The van der Waals surface area contributed by atoms with E-state index in [1.54, 1.807) is 24.3 Å². The standard InChI is InChI=1S/C19H14N6O3S/c1-11(26)12-5-4-6-13(9-12)22-17-16(25(27)28)18(21-10-20-17)24-19-23-14-7-2-3-8-15(14)29-19/h2-10H,1H3,(H2,20,21,22,23,24). The molecule has 0 fully saturated rings. The van der Waals surface area contributed by atoms with E-state index in [0.29, 0.717) is 16.4 Å². The zero-order valence-electron chi connectivity index (χ0n) is 15.1. The Labute approximate surface area is 168 Å². The minimum atomic E-state index is -0.563. The molecule has 2 aromatic heterocycles. The molecule has 0 atom stereocenters. The highest BCUT2D eigenvalue weighted by molar-refractivity contribution is 7.22. The number of anilines is 4. The molecule has 2 N–H and O–H groups in total. The number of fused-ring (bicyclic) bond motifs is 1. The van der Waals surface area contributed by atoms with Crippen LogP contribution in [0.3, 0.4) is 0 Å². The first-order valence-electron chi connectivity index (χ1n) is 8.51. The molecule has 0 saturated carbocycles. The number of carbonyl (C=O) groups excluding carboxylic acids is 1. The molecule has 2 heterocycles. The summed E-state index contributed by atoms with van der Waals surface area (Å²) in [5.74, 6) is -0.0763. The van der Waals surface area contributed by atoms with Crippen LogP contribution in [0.2, 0.25) is 0 Å². The second-order valence-corrected chi connectivity index (χ2v) is 7.08. The van der Waals surface area contributed by atoms with Gasteiger partial charge in [-0.1, -0.05) is 35.6 Å². The maximum absolute atomic E-state index is 11.7. The maximum Gasteiger partial charge on any atom is 0.353 e. The zero-order chi connectivity index (χ0) is 20.4. The van der Waals surface area contributed by atoms with Gasteiger partial charge in [-0.25, -0.2) is 15.0 Å². The Morgan fingerprint density at radius 3 is 2.55 bits per heavy atom. The summed E-state index contributed by atoms with van der Waals surface area (Å²) in [7, 11) is 0.